The van der Waals surface area contributed by atoms with Crippen LogP contribution in [0.2, 0.25) is 0 Å². The summed E-state index contributed by atoms with van der Waals surface area (Å²) < 4.78 is 0. The number of nitrogens with two attached hydrogens (primary N) is 2. The molecule has 11 nitrogen and oxygen atoms in total. The molecule has 2 atom stereocenters. The molecular weight excluding hydrogens is 532 g/mol. The normalized spacial score (nSPS) is 17.6. The fourth-order valence-electron chi connectivity index (χ4n) is 5.51. The van der Waals surface area contributed by atoms with E-state index in [0.29, 0.717) is 25.2 Å². The predicted octanol–water partition coefficient (Wildman–Crippen LogP) is 1.43. The van der Waals surface area contributed by atoms with E-state index in [0.717, 1.165) is 50.5 Å². The molecule has 0 aromatic heterocycles. The standard InChI is InChI=1S/C28H44N8O3.ClH/c1-35(2)27(39)22(16-18-8-10-21(11-9-18)24(29)30)25(37)34-23(20-6-4-3-5-7-20)26(38)33-17-19-12-14-36(15-13-19)28(31)32;/h8-11,19-20,22-23H,3-7,12-17H2,1-2H3,(H3,29,30)(H3,31,32)(H,33,38)(H,34,37);1H/t22-,23-;/m0./s1. The number of amides is 3. The first-order chi connectivity index (χ1) is 18.6. The Morgan fingerprint density at radius 2 is 1.57 bits per heavy atom. The molecule has 1 aliphatic carbocycles. The number of benzene rings is 1. The van der Waals surface area contributed by atoms with Gasteiger partial charge in [-0.15, -0.1) is 12.4 Å². The van der Waals surface area contributed by atoms with E-state index in [2.05, 4.69) is 10.6 Å². The van der Waals surface area contributed by atoms with Crippen LogP contribution in [-0.4, -0.2) is 79.1 Å². The highest BCUT2D eigenvalue weighted by molar-refractivity contribution is 6.02. The van der Waals surface area contributed by atoms with Crippen molar-refractivity contribution < 1.29 is 14.4 Å². The summed E-state index contributed by atoms with van der Waals surface area (Å²) in [6, 6.07) is 6.23. The SMILES string of the molecule is CN(C)C(=O)[C@@H](Cc1ccc(C(=N)N)cc1)C(=O)N[C@H](C(=O)NCC1CCN(C(=N)N)CC1)C1CCCCC1.Cl. The molecule has 1 aromatic carbocycles. The lowest BCUT2D eigenvalue weighted by Gasteiger charge is -2.34. The van der Waals surface area contributed by atoms with Crippen molar-refractivity contribution in [2.75, 3.05) is 33.7 Å². The number of halogens is 1. The largest absolute Gasteiger partial charge is 0.384 e. The molecule has 1 saturated carbocycles. The Balaban J connectivity index is 0.00000560. The lowest BCUT2D eigenvalue weighted by molar-refractivity contribution is -0.142. The number of guanidine groups is 1. The Morgan fingerprint density at radius 1 is 0.975 bits per heavy atom. The number of hydrogen-bond acceptors (Lipinski definition) is 5. The summed E-state index contributed by atoms with van der Waals surface area (Å²) in [6.45, 7) is 1.90. The quantitative estimate of drug-likeness (QED) is 0.139. The van der Waals surface area contributed by atoms with Gasteiger partial charge in [0.05, 0.1) is 0 Å². The van der Waals surface area contributed by atoms with Crippen LogP contribution in [0.15, 0.2) is 24.3 Å². The summed E-state index contributed by atoms with van der Waals surface area (Å²) in [5.74, 6) is -1.64. The average Bonchev–Trinajstić information content (AvgIpc) is 2.93. The van der Waals surface area contributed by atoms with Gasteiger partial charge in [0, 0.05) is 39.3 Å². The number of carbonyl (C=O) groups is 3. The van der Waals surface area contributed by atoms with Crippen LogP contribution in [0.1, 0.15) is 56.1 Å². The molecule has 0 spiro atoms. The van der Waals surface area contributed by atoms with Crippen molar-refractivity contribution >= 4 is 41.9 Å². The van der Waals surface area contributed by atoms with Crippen LogP contribution in [0.25, 0.3) is 0 Å². The third-order valence-electron chi connectivity index (χ3n) is 7.98. The van der Waals surface area contributed by atoms with Gasteiger partial charge in [0.15, 0.2) is 5.96 Å². The number of nitrogen functional groups attached to an aromatic ring is 1. The number of amidine groups is 1. The molecule has 8 N–H and O–H groups in total. The molecule has 2 fully saturated rings. The van der Waals surface area contributed by atoms with E-state index >= 15 is 0 Å². The number of rotatable bonds is 10. The third kappa shape index (κ3) is 9.11. The summed E-state index contributed by atoms with van der Waals surface area (Å²) >= 11 is 0. The van der Waals surface area contributed by atoms with E-state index in [4.69, 9.17) is 22.3 Å². The van der Waals surface area contributed by atoms with E-state index in [1.165, 1.54) is 4.90 Å². The second kappa shape index (κ2) is 15.4. The van der Waals surface area contributed by atoms with E-state index in [1.54, 1.807) is 38.4 Å². The van der Waals surface area contributed by atoms with Crippen molar-refractivity contribution in [1.82, 2.24) is 20.4 Å². The topological polar surface area (TPSA) is 181 Å². The molecule has 0 radical (unpaired) electrons. The van der Waals surface area contributed by atoms with Gasteiger partial charge >= 0.3 is 0 Å². The second-order valence-electron chi connectivity index (χ2n) is 11.0. The predicted molar refractivity (Wildman–Crippen MR) is 158 cm³/mol. The monoisotopic (exact) mass is 576 g/mol. The molecule has 1 saturated heterocycles. The first kappa shape index (κ1) is 32.9. The summed E-state index contributed by atoms with van der Waals surface area (Å²) in [5.41, 5.74) is 12.5. The van der Waals surface area contributed by atoms with Gasteiger partial charge < -0.3 is 31.9 Å². The Labute approximate surface area is 243 Å². The van der Waals surface area contributed by atoms with Crippen LogP contribution in [0.3, 0.4) is 0 Å². The van der Waals surface area contributed by atoms with Crippen LogP contribution in [0.4, 0.5) is 0 Å². The Kier molecular flexibility index (Phi) is 12.7. The van der Waals surface area contributed by atoms with Gasteiger partial charge in [0.1, 0.15) is 17.8 Å². The molecule has 3 amide bonds. The highest BCUT2D eigenvalue weighted by Gasteiger charge is 2.36. The molecule has 1 aromatic rings. The average molecular weight is 577 g/mol. The molecular formula is C28H45ClN8O3. The maximum atomic E-state index is 13.6. The summed E-state index contributed by atoms with van der Waals surface area (Å²) in [7, 11) is 3.23. The van der Waals surface area contributed by atoms with Gasteiger partial charge in [0.2, 0.25) is 17.7 Å². The lowest BCUT2D eigenvalue weighted by atomic mass is 9.83. The number of likely N-dealkylation sites (tertiary alicyclic amines) is 1. The van der Waals surface area contributed by atoms with E-state index < -0.39 is 17.9 Å². The Hall–Kier alpha value is -3.34. The second-order valence-corrected chi connectivity index (χ2v) is 11.0. The maximum Gasteiger partial charge on any atom is 0.242 e. The smallest absolute Gasteiger partial charge is 0.242 e. The van der Waals surface area contributed by atoms with Crippen LogP contribution in [0, 0.1) is 28.6 Å². The lowest BCUT2D eigenvalue weighted by Crippen LogP contribution is -2.55. The molecule has 222 valence electrons. The van der Waals surface area contributed by atoms with Gasteiger partial charge in [-0.1, -0.05) is 43.5 Å². The molecule has 0 bridgehead atoms. The molecule has 1 heterocycles. The van der Waals surface area contributed by atoms with Crippen molar-refractivity contribution in [2.45, 2.75) is 57.4 Å². The van der Waals surface area contributed by atoms with Crippen LogP contribution < -0.4 is 22.1 Å². The molecule has 0 unspecified atom stereocenters. The number of nitrogens with one attached hydrogen (secondary N) is 4. The number of hydrogen-bond donors (Lipinski definition) is 6. The van der Waals surface area contributed by atoms with Gasteiger partial charge in [-0.3, -0.25) is 25.2 Å². The maximum absolute atomic E-state index is 13.6. The fraction of sp³-hybridized carbons (Fsp3) is 0.607. The molecule has 40 heavy (non-hydrogen) atoms. The Morgan fingerprint density at radius 3 is 2.10 bits per heavy atom. The number of nitrogens with zero attached hydrogens (tertiary/aromatic N) is 2. The zero-order valence-electron chi connectivity index (χ0n) is 23.6. The Bertz CT molecular complexity index is 1030. The fourth-order valence-corrected chi connectivity index (χ4v) is 5.51. The highest BCUT2D eigenvalue weighted by Crippen LogP contribution is 2.27. The number of carbonyl (C=O) groups excluding carboxylic acids is 3. The van der Waals surface area contributed by atoms with Crippen molar-refractivity contribution in [3.05, 3.63) is 35.4 Å². The minimum Gasteiger partial charge on any atom is -0.384 e. The van der Waals surface area contributed by atoms with E-state index in [1.807, 2.05) is 4.90 Å². The van der Waals surface area contributed by atoms with Crippen molar-refractivity contribution in [3.8, 4) is 0 Å². The van der Waals surface area contributed by atoms with Gasteiger partial charge in [-0.25, -0.2) is 0 Å². The summed E-state index contributed by atoms with van der Waals surface area (Å²) in [4.78, 5) is 43.4. The molecule has 12 heteroatoms. The third-order valence-corrected chi connectivity index (χ3v) is 7.98. The zero-order valence-corrected chi connectivity index (χ0v) is 24.4. The van der Waals surface area contributed by atoms with Gasteiger partial charge in [-0.05, 0) is 49.5 Å². The number of piperidine rings is 1. The van der Waals surface area contributed by atoms with Gasteiger partial charge in [-0.2, -0.15) is 0 Å². The minimum absolute atomic E-state index is 0. The summed E-state index contributed by atoms with van der Waals surface area (Å²) in [5, 5.41) is 21.2. The first-order valence-corrected chi connectivity index (χ1v) is 13.9. The van der Waals surface area contributed by atoms with Crippen LogP contribution in [0.5, 0.6) is 0 Å². The van der Waals surface area contributed by atoms with Crippen LogP contribution >= 0.6 is 12.4 Å². The van der Waals surface area contributed by atoms with E-state index in [-0.39, 0.29) is 54.3 Å². The summed E-state index contributed by atoms with van der Waals surface area (Å²) in [6.07, 6.45) is 6.69. The molecule has 1 aliphatic heterocycles. The van der Waals surface area contributed by atoms with E-state index in [9.17, 15) is 14.4 Å². The first-order valence-electron chi connectivity index (χ1n) is 13.9. The zero-order chi connectivity index (χ0) is 28.5. The van der Waals surface area contributed by atoms with Crippen molar-refractivity contribution in [3.63, 3.8) is 0 Å². The highest BCUT2D eigenvalue weighted by atomic mass is 35.5. The van der Waals surface area contributed by atoms with Crippen LogP contribution in [-0.2, 0) is 20.8 Å². The molecule has 3 rings (SSSR count). The van der Waals surface area contributed by atoms with Gasteiger partial charge in [0.25, 0.3) is 0 Å². The van der Waals surface area contributed by atoms with Crippen molar-refractivity contribution in [2.24, 2.45) is 29.2 Å². The van der Waals surface area contributed by atoms with Crippen molar-refractivity contribution in [1.29, 1.82) is 10.8 Å². The molecule has 2 aliphatic rings. The minimum atomic E-state index is -0.988.